The van der Waals surface area contributed by atoms with Crippen LogP contribution >= 0.6 is 0 Å². The topological polar surface area (TPSA) is 71.2 Å². The van der Waals surface area contributed by atoms with Crippen molar-refractivity contribution in [2.45, 2.75) is 33.7 Å². The Kier molecular flexibility index (Phi) is 4.52. The fourth-order valence-corrected chi connectivity index (χ4v) is 1.50. The number of allylic oxidation sites excluding steroid dienone is 1. The fourth-order valence-electron chi connectivity index (χ4n) is 1.50. The van der Waals surface area contributed by atoms with Crippen LogP contribution in [0.2, 0.25) is 0 Å². The van der Waals surface area contributed by atoms with Gasteiger partial charge in [0.2, 0.25) is 0 Å². The molecule has 1 unspecified atom stereocenters. The number of nitrogens with one attached hydrogen (secondary N) is 1. The van der Waals surface area contributed by atoms with E-state index in [1.807, 2.05) is 39.8 Å². The van der Waals surface area contributed by atoms with Crippen molar-refractivity contribution in [2.75, 3.05) is 5.32 Å². The molecule has 0 radical (unpaired) electrons. The maximum Gasteiger partial charge on any atom is 0.130 e. The van der Waals surface area contributed by atoms with Gasteiger partial charge in [0.25, 0.3) is 0 Å². The minimum absolute atomic E-state index is 0.0298. The Morgan fingerprint density at radius 1 is 1.41 bits per heavy atom. The van der Waals surface area contributed by atoms with E-state index < -0.39 is 0 Å². The maximum absolute atomic E-state index is 9.13. The first kappa shape index (κ1) is 13.5. The summed E-state index contributed by atoms with van der Waals surface area (Å²) in [4.78, 5) is 4.37. The highest BCUT2D eigenvalue weighted by atomic mass is 16.2. The molecule has 94 valence electrons. The van der Waals surface area contributed by atoms with E-state index in [-0.39, 0.29) is 12.0 Å². The summed E-state index contributed by atoms with van der Waals surface area (Å²) in [6, 6.07) is 3.84. The predicted molar refractivity (Wildman–Crippen MR) is 70.7 cm³/mol. The molecule has 0 aliphatic carbocycles. The molecule has 0 amide bonds. The lowest BCUT2D eigenvalue weighted by Crippen LogP contribution is -2.10. The Hall–Kier alpha value is -1.55. The molecule has 0 saturated heterocycles. The van der Waals surface area contributed by atoms with Crippen LogP contribution in [0.15, 0.2) is 24.1 Å². The molecule has 1 aromatic heterocycles. The summed E-state index contributed by atoms with van der Waals surface area (Å²) in [6.45, 7) is 7.85. The summed E-state index contributed by atoms with van der Waals surface area (Å²) in [5, 5.41) is 12.2. The zero-order chi connectivity index (χ0) is 13.0. The first-order chi connectivity index (χ1) is 7.93. The molecule has 1 atom stereocenters. The first-order valence-electron chi connectivity index (χ1n) is 5.79. The number of aliphatic hydroxyl groups is 1. The van der Waals surface area contributed by atoms with Gasteiger partial charge in [0, 0.05) is 11.7 Å². The zero-order valence-corrected chi connectivity index (χ0v) is 10.9. The van der Waals surface area contributed by atoms with Crippen molar-refractivity contribution < 1.29 is 5.11 Å². The smallest absolute Gasteiger partial charge is 0.130 e. The highest BCUT2D eigenvalue weighted by Gasteiger charge is 2.08. The summed E-state index contributed by atoms with van der Waals surface area (Å²) in [5.74, 6) is 0.923. The molecule has 1 aromatic rings. The van der Waals surface area contributed by atoms with E-state index in [0.717, 1.165) is 23.2 Å². The lowest BCUT2D eigenvalue weighted by atomic mass is 10.1. The van der Waals surface area contributed by atoms with E-state index in [4.69, 9.17) is 10.8 Å². The third kappa shape index (κ3) is 3.75. The average molecular weight is 235 g/mol. The second-order valence-corrected chi connectivity index (χ2v) is 4.58. The molecule has 4 N–H and O–H groups in total. The predicted octanol–water partition coefficient (Wildman–Crippen LogP) is 2.88. The molecule has 0 fully saturated rings. The van der Waals surface area contributed by atoms with Gasteiger partial charge < -0.3 is 16.2 Å². The van der Waals surface area contributed by atoms with Crippen molar-refractivity contribution in [1.82, 2.24) is 4.98 Å². The van der Waals surface area contributed by atoms with Crippen LogP contribution in [0.5, 0.6) is 0 Å². The molecule has 0 saturated carbocycles. The van der Waals surface area contributed by atoms with Gasteiger partial charge in [0.1, 0.15) is 5.82 Å². The number of anilines is 1. The van der Waals surface area contributed by atoms with Crippen LogP contribution in [-0.4, -0.2) is 10.1 Å². The summed E-state index contributed by atoms with van der Waals surface area (Å²) in [5.41, 5.74) is 8.52. The Bertz CT molecular complexity index is 411. The molecular formula is C13H21N3O. The second kappa shape index (κ2) is 5.68. The summed E-state index contributed by atoms with van der Waals surface area (Å²) < 4.78 is 0. The molecule has 0 aliphatic rings. The maximum atomic E-state index is 9.13. The second-order valence-electron chi connectivity index (χ2n) is 4.58. The molecule has 0 spiro atoms. The number of nitrogens with zero attached hydrogens (tertiary/aromatic N) is 1. The number of hydrogen-bond donors (Lipinski definition) is 3. The third-order valence-electron chi connectivity index (χ3n) is 2.54. The minimum Gasteiger partial charge on any atom is -0.514 e. The molecule has 17 heavy (non-hydrogen) atoms. The van der Waals surface area contributed by atoms with Gasteiger partial charge in [-0.05, 0) is 37.5 Å². The van der Waals surface area contributed by atoms with Crippen molar-refractivity contribution in [3.05, 3.63) is 35.3 Å². The Morgan fingerprint density at radius 2 is 2.06 bits per heavy atom. The number of nitrogens with two attached hydrogens (primary N) is 1. The number of aryl methyl sites for hydroxylation is 1. The van der Waals surface area contributed by atoms with Gasteiger partial charge in [-0.3, -0.25) is 0 Å². The Morgan fingerprint density at radius 3 is 2.53 bits per heavy atom. The zero-order valence-electron chi connectivity index (χ0n) is 10.9. The number of aromatic nitrogens is 1. The highest BCUT2D eigenvalue weighted by molar-refractivity contribution is 5.45. The van der Waals surface area contributed by atoms with Crippen LogP contribution in [0.4, 0.5) is 5.82 Å². The van der Waals surface area contributed by atoms with Crippen LogP contribution < -0.4 is 11.1 Å². The monoisotopic (exact) mass is 235 g/mol. The van der Waals surface area contributed by atoms with Gasteiger partial charge in [-0.1, -0.05) is 13.8 Å². The van der Waals surface area contributed by atoms with E-state index >= 15 is 0 Å². The third-order valence-corrected chi connectivity index (χ3v) is 2.54. The molecule has 0 bridgehead atoms. The van der Waals surface area contributed by atoms with Gasteiger partial charge in [-0.25, -0.2) is 4.98 Å². The average Bonchev–Trinajstić information content (AvgIpc) is 2.24. The standard InChI is InChI=1S/C13H21N3O/c1-8(2)12(7-17)16-13-6-11(10(4)14)5-9(3)15-13/h5-8,10,17H,14H2,1-4H3,(H,15,16)/b12-7-. The summed E-state index contributed by atoms with van der Waals surface area (Å²) >= 11 is 0. The van der Waals surface area contributed by atoms with E-state index in [9.17, 15) is 0 Å². The lowest BCUT2D eigenvalue weighted by Gasteiger charge is -2.15. The van der Waals surface area contributed by atoms with Crippen LogP contribution in [0, 0.1) is 12.8 Å². The fraction of sp³-hybridized carbons (Fsp3) is 0.462. The van der Waals surface area contributed by atoms with Crippen LogP contribution in [0.1, 0.15) is 38.1 Å². The van der Waals surface area contributed by atoms with E-state index in [2.05, 4.69) is 10.3 Å². The quantitative estimate of drug-likeness (QED) is 0.702. The summed E-state index contributed by atoms with van der Waals surface area (Å²) in [6.07, 6.45) is 1.08. The SMILES string of the molecule is Cc1cc(C(C)N)cc(N/C(=C\O)C(C)C)n1. The van der Waals surface area contributed by atoms with Gasteiger partial charge in [0.15, 0.2) is 0 Å². The summed E-state index contributed by atoms with van der Waals surface area (Å²) in [7, 11) is 0. The van der Waals surface area contributed by atoms with Gasteiger partial charge in [-0.2, -0.15) is 0 Å². The molecule has 1 heterocycles. The lowest BCUT2D eigenvalue weighted by molar-refractivity contribution is 0.459. The number of rotatable bonds is 4. The van der Waals surface area contributed by atoms with Gasteiger partial charge in [0.05, 0.1) is 12.0 Å². The molecular weight excluding hydrogens is 214 g/mol. The van der Waals surface area contributed by atoms with Gasteiger partial charge in [-0.15, -0.1) is 0 Å². The molecule has 4 heteroatoms. The van der Waals surface area contributed by atoms with Crippen molar-refractivity contribution >= 4 is 5.82 Å². The molecule has 4 nitrogen and oxygen atoms in total. The van der Waals surface area contributed by atoms with Crippen molar-refractivity contribution in [3.63, 3.8) is 0 Å². The van der Waals surface area contributed by atoms with Crippen LogP contribution in [-0.2, 0) is 0 Å². The Balaban J connectivity index is 2.99. The number of pyridine rings is 1. The first-order valence-corrected chi connectivity index (χ1v) is 5.79. The Labute approximate surface area is 103 Å². The van der Waals surface area contributed by atoms with E-state index in [1.165, 1.54) is 0 Å². The molecule has 0 aliphatic heterocycles. The largest absolute Gasteiger partial charge is 0.514 e. The van der Waals surface area contributed by atoms with E-state index in [0.29, 0.717) is 5.82 Å². The highest BCUT2D eigenvalue weighted by Crippen LogP contribution is 2.18. The molecule has 0 aromatic carbocycles. The molecule has 1 rings (SSSR count). The van der Waals surface area contributed by atoms with Crippen molar-refractivity contribution in [3.8, 4) is 0 Å². The van der Waals surface area contributed by atoms with Gasteiger partial charge >= 0.3 is 0 Å². The van der Waals surface area contributed by atoms with E-state index in [1.54, 1.807) is 0 Å². The van der Waals surface area contributed by atoms with Crippen LogP contribution in [0.25, 0.3) is 0 Å². The normalized spacial score (nSPS) is 13.9. The number of aliphatic hydroxyl groups excluding tert-OH is 1. The van der Waals surface area contributed by atoms with Crippen LogP contribution in [0.3, 0.4) is 0 Å². The van der Waals surface area contributed by atoms with Crippen molar-refractivity contribution in [1.29, 1.82) is 0 Å². The van der Waals surface area contributed by atoms with Crippen molar-refractivity contribution in [2.24, 2.45) is 11.7 Å². The minimum atomic E-state index is -0.0298. The number of hydrogen-bond acceptors (Lipinski definition) is 4.